The van der Waals surface area contributed by atoms with E-state index in [1.54, 1.807) is 24.5 Å². The Morgan fingerprint density at radius 3 is 2.22 bits per heavy atom. The van der Waals surface area contributed by atoms with Crippen molar-refractivity contribution in [2.75, 3.05) is 0 Å². The van der Waals surface area contributed by atoms with Crippen LogP contribution in [0.2, 0.25) is 0 Å². The summed E-state index contributed by atoms with van der Waals surface area (Å²) in [6.45, 7) is 0. The molecule has 0 spiro atoms. The second-order valence-electron chi connectivity index (χ2n) is 5.00. The quantitative estimate of drug-likeness (QED) is 0.566. The van der Waals surface area contributed by atoms with Gasteiger partial charge in [-0.05, 0) is 36.4 Å². The van der Waals surface area contributed by atoms with Crippen LogP contribution in [0.15, 0.2) is 77.4 Å². The SMILES string of the molecule is Fc1ccc(-n2c(-c3ccccc3)nnc2-c2ccco2)cc1. The molecule has 112 valence electrons. The summed E-state index contributed by atoms with van der Waals surface area (Å²) in [7, 11) is 0. The van der Waals surface area contributed by atoms with Crippen molar-refractivity contribution in [2.24, 2.45) is 0 Å². The van der Waals surface area contributed by atoms with Crippen molar-refractivity contribution in [1.82, 2.24) is 14.8 Å². The van der Waals surface area contributed by atoms with E-state index >= 15 is 0 Å². The van der Waals surface area contributed by atoms with Gasteiger partial charge < -0.3 is 4.42 Å². The maximum Gasteiger partial charge on any atom is 0.204 e. The molecule has 0 aliphatic heterocycles. The van der Waals surface area contributed by atoms with Gasteiger partial charge in [0.1, 0.15) is 5.82 Å². The molecular formula is C18H12FN3O. The Bertz CT molecular complexity index is 913. The molecule has 0 aliphatic rings. The van der Waals surface area contributed by atoms with Gasteiger partial charge in [-0.15, -0.1) is 10.2 Å². The number of nitrogens with zero attached hydrogens (tertiary/aromatic N) is 3. The summed E-state index contributed by atoms with van der Waals surface area (Å²) in [5, 5.41) is 8.56. The Hall–Kier alpha value is -3.21. The van der Waals surface area contributed by atoms with Gasteiger partial charge >= 0.3 is 0 Å². The molecule has 5 heteroatoms. The average molecular weight is 305 g/mol. The van der Waals surface area contributed by atoms with Crippen molar-refractivity contribution in [3.8, 4) is 28.7 Å². The molecule has 0 saturated heterocycles. The standard InChI is InChI=1S/C18H12FN3O/c19-14-8-10-15(11-9-14)22-17(13-5-2-1-3-6-13)20-21-18(22)16-7-4-12-23-16/h1-12H. The number of hydrogen-bond acceptors (Lipinski definition) is 3. The molecule has 4 aromatic rings. The van der Waals surface area contributed by atoms with E-state index in [1.165, 1.54) is 12.1 Å². The maximum absolute atomic E-state index is 13.3. The Balaban J connectivity index is 1.96. The van der Waals surface area contributed by atoms with Crippen molar-refractivity contribution in [1.29, 1.82) is 0 Å². The van der Waals surface area contributed by atoms with E-state index in [0.717, 1.165) is 11.3 Å². The normalized spacial score (nSPS) is 10.8. The second kappa shape index (κ2) is 5.53. The van der Waals surface area contributed by atoms with Crippen LogP contribution in [-0.4, -0.2) is 14.8 Å². The highest BCUT2D eigenvalue weighted by Crippen LogP contribution is 2.28. The summed E-state index contributed by atoms with van der Waals surface area (Å²) in [5.74, 6) is 1.55. The van der Waals surface area contributed by atoms with Gasteiger partial charge in [0.25, 0.3) is 0 Å². The molecule has 2 heterocycles. The minimum atomic E-state index is -0.289. The van der Waals surface area contributed by atoms with Crippen LogP contribution in [0.5, 0.6) is 0 Å². The van der Waals surface area contributed by atoms with Gasteiger partial charge in [0.2, 0.25) is 5.82 Å². The summed E-state index contributed by atoms with van der Waals surface area (Å²) < 4.78 is 20.6. The van der Waals surface area contributed by atoms with Crippen molar-refractivity contribution >= 4 is 0 Å². The highest BCUT2D eigenvalue weighted by atomic mass is 19.1. The monoisotopic (exact) mass is 305 g/mol. The lowest BCUT2D eigenvalue weighted by Gasteiger charge is -2.09. The minimum absolute atomic E-state index is 0.289. The van der Waals surface area contributed by atoms with Crippen molar-refractivity contribution in [3.63, 3.8) is 0 Å². The molecular weight excluding hydrogens is 293 g/mol. The molecule has 0 bridgehead atoms. The molecule has 23 heavy (non-hydrogen) atoms. The van der Waals surface area contributed by atoms with Gasteiger partial charge in [-0.25, -0.2) is 4.39 Å². The van der Waals surface area contributed by atoms with Gasteiger partial charge in [-0.3, -0.25) is 4.57 Å². The van der Waals surface area contributed by atoms with E-state index in [-0.39, 0.29) is 5.82 Å². The number of hydrogen-bond donors (Lipinski definition) is 0. The second-order valence-corrected chi connectivity index (χ2v) is 5.00. The molecule has 0 saturated carbocycles. The van der Waals surface area contributed by atoms with Crippen LogP contribution < -0.4 is 0 Å². The first-order valence-electron chi connectivity index (χ1n) is 7.13. The third-order valence-corrected chi connectivity index (χ3v) is 3.52. The predicted octanol–water partition coefficient (Wildman–Crippen LogP) is 4.33. The molecule has 0 N–H and O–H groups in total. The van der Waals surface area contributed by atoms with Crippen molar-refractivity contribution in [3.05, 3.63) is 78.8 Å². The van der Waals surface area contributed by atoms with E-state index < -0.39 is 0 Å². The van der Waals surface area contributed by atoms with Gasteiger partial charge in [0.05, 0.1) is 6.26 Å². The smallest absolute Gasteiger partial charge is 0.204 e. The first-order chi connectivity index (χ1) is 11.3. The summed E-state index contributed by atoms with van der Waals surface area (Å²) in [4.78, 5) is 0. The summed E-state index contributed by atoms with van der Waals surface area (Å²) >= 11 is 0. The zero-order chi connectivity index (χ0) is 15.6. The molecule has 2 aromatic carbocycles. The van der Waals surface area contributed by atoms with Crippen molar-refractivity contribution < 1.29 is 8.81 Å². The molecule has 0 atom stereocenters. The fourth-order valence-electron chi connectivity index (χ4n) is 2.46. The Morgan fingerprint density at radius 2 is 1.52 bits per heavy atom. The number of benzene rings is 2. The zero-order valence-electron chi connectivity index (χ0n) is 12.1. The molecule has 0 radical (unpaired) electrons. The van der Waals surface area contributed by atoms with Crippen LogP contribution in [0, 0.1) is 5.82 Å². The van der Waals surface area contributed by atoms with E-state index in [0.29, 0.717) is 17.4 Å². The first kappa shape index (κ1) is 13.5. The predicted molar refractivity (Wildman–Crippen MR) is 84.5 cm³/mol. The number of aromatic nitrogens is 3. The Kier molecular flexibility index (Phi) is 3.24. The van der Waals surface area contributed by atoms with Crippen LogP contribution in [0.4, 0.5) is 4.39 Å². The zero-order valence-corrected chi connectivity index (χ0v) is 12.1. The molecule has 0 aliphatic carbocycles. The lowest BCUT2D eigenvalue weighted by Crippen LogP contribution is -2.00. The Labute approximate surface area is 131 Å². The average Bonchev–Trinajstić information content (AvgIpc) is 3.25. The molecule has 2 aromatic heterocycles. The van der Waals surface area contributed by atoms with Crippen LogP contribution >= 0.6 is 0 Å². The Morgan fingerprint density at radius 1 is 0.783 bits per heavy atom. The third kappa shape index (κ3) is 2.42. The topological polar surface area (TPSA) is 43.9 Å². The molecule has 0 unspecified atom stereocenters. The number of rotatable bonds is 3. The van der Waals surface area contributed by atoms with Crippen LogP contribution in [0.1, 0.15) is 0 Å². The maximum atomic E-state index is 13.3. The van der Waals surface area contributed by atoms with E-state index in [9.17, 15) is 4.39 Å². The van der Waals surface area contributed by atoms with Gasteiger partial charge in [0.15, 0.2) is 11.6 Å². The van der Waals surface area contributed by atoms with E-state index in [4.69, 9.17) is 4.42 Å². The third-order valence-electron chi connectivity index (χ3n) is 3.52. The minimum Gasteiger partial charge on any atom is -0.461 e. The highest BCUT2D eigenvalue weighted by Gasteiger charge is 2.18. The number of furan rings is 1. The van der Waals surface area contributed by atoms with Crippen LogP contribution in [-0.2, 0) is 0 Å². The molecule has 0 amide bonds. The fraction of sp³-hybridized carbons (Fsp3) is 0. The van der Waals surface area contributed by atoms with E-state index in [2.05, 4.69) is 10.2 Å². The fourth-order valence-corrected chi connectivity index (χ4v) is 2.46. The first-order valence-corrected chi connectivity index (χ1v) is 7.13. The summed E-state index contributed by atoms with van der Waals surface area (Å²) in [5.41, 5.74) is 1.68. The summed E-state index contributed by atoms with van der Waals surface area (Å²) in [6.07, 6.45) is 1.58. The largest absolute Gasteiger partial charge is 0.461 e. The highest BCUT2D eigenvalue weighted by molar-refractivity contribution is 5.64. The molecule has 4 rings (SSSR count). The molecule has 0 fully saturated rings. The summed E-state index contributed by atoms with van der Waals surface area (Å²) in [6, 6.07) is 19.5. The van der Waals surface area contributed by atoms with Crippen molar-refractivity contribution in [2.45, 2.75) is 0 Å². The molecule has 4 nitrogen and oxygen atoms in total. The lowest BCUT2D eigenvalue weighted by molar-refractivity contribution is 0.575. The van der Waals surface area contributed by atoms with E-state index in [1.807, 2.05) is 41.0 Å². The lowest BCUT2D eigenvalue weighted by atomic mass is 10.2. The van der Waals surface area contributed by atoms with Crippen LogP contribution in [0.3, 0.4) is 0 Å². The van der Waals surface area contributed by atoms with Gasteiger partial charge in [-0.1, -0.05) is 30.3 Å². The van der Waals surface area contributed by atoms with Gasteiger partial charge in [0, 0.05) is 11.3 Å². The van der Waals surface area contributed by atoms with Crippen LogP contribution in [0.25, 0.3) is 28.7 Å². The van der Waals surface area contributed by atoms with Gasteiger partial charge in [-0.2, -0.15) is 0 Å². The number of halogens is 1.